The lowest BCUT2D eigenvalue weighted by Crippen LogP contribution is -2.36. The number of hydrogen-bond acceptors (Lipinski definition) is 6. The molecule has 8 heteroatoms. The summed E-state index contributed by atoms with van der Waals surface area (Å²) >= 11 is 0. The second kappa shape index (κ2) is 7.79. The molecule has 1 fully saturated rings. The highest BCUT2D eigenvalue weighted by molar-refractivity contribution is 5.57. The van der Waals surface area contributed by atoms with Crippen LogP contribution in [0.4, 0.5) is 0 Å². The Hall–Kier alpha value is -2.87. The predicted octanol–water partition coefficient (Wildman–Crippen LogP) is 1.35. The number of piperidine rings is 1. The zero-order valence-corrected chi connectivity index (χ0v) is 15.4. The largest absolute Gasteiger partial charge is 0.299 e. The van der Waals surface area contributed by atoms with Crippen LogP contribution in [0.25, 0.3) is 11.3 Å². The normalized spacial score (nSPS) is 15.9. The summed E-state index contributed by atoms with van der Waals surface area (Å²) in [6.07, 6.45) is 9.05. The second-order valence-corrected chi connectivity index (χ2v) is 7.07. The number of likely N-dealkylation sites (tertiary alicyclic amines) is 1. The molecule has 0 aliphatic carbocycles. The molecule has 0 radical (unpaired) electrons. The van der Waals surface area contributed by atoms with E-state index in [1.807, 2.05) is 30.1 Å². The first-order valence-electron chi connectivity index (χ1n) is 9.22. The Morgan fingerprint density at radius 3 is 2.63 bits per heavy atom. The first-order chi connectivity index (χ1) is 13.2. The van der Waals surface area contributed by atoms with Crippen molar-refractivity contribution in [2.75, 3.05) is 13.1 Å². The van der Waals surface area contributed by atoms with Crippen molar-refractivity contribution in [3.05, 3.63) is 59.2 Å². The molecule has 0 saturated carbocycles. The van der Waals surface area contributed by atoms with Crippen molar-refractivity contribution in [1.82, 2.24) is 34.4 Å². The van der Waals surface area contributed by atoms with Gasteiger partial charge >= 0.3 is 0 Å². The maximum Gasteiger partial charge on any atom is 0.253 e. The Kier molecular flexibility index (Phi) is 5.06. The molecule has 0 aromatic carbocycles. The van der Waals surface area contributed by atoms with E-state index in [9.17, 15) is 4.79 Å². The van der Waals surface area contributed by atoms with Gasteiger partial charge in [-0.3, -0.25) is 23.9 Å². The summed E-state index contributed by atoms with van der Waals surface area (Å²) in [5.74, 6) is 0.497. The minimum Gasteiger partial charge on any atom is -0.299 e. The minimum atomic E-state index is 0.000186. The van der Waals surface area contributed by atoms with E-state index >= 15 is 0 Å². The smallest absolute Gasteiger partial charge is 0.253 e. The molecule has 3 aromatic heterocycles. The lowest BCUT2D eigenvalue weighted by molar-refractivity contribution is 0.163. The van der Waals surface area contributed by atoms with Gasteiger partial charge in [-0.2, -0.15) is 0 Å². The Bertz CT molecular complexity index is 942. The Labute approximate surface area is 157 Å². The van der Waals surface area contributed by atoms with Crippen LogP contribution < -0.4 is 5.56 Å². The lowest BCUT2D eigenvalue weighted by Gasteiger charge is -2.31. The van der Waals surface area contributed by atoms with Crippen molar-refractivity contribution in [2.45, 2.75) is 25.9 Å². The third-order valence-electron chi connectivity index (χ3n) is 5.21. The fraction of sp³-hybridized carbons (Fsp3) is 0.421. The molecule has 8 nitrogen and oxygen atoms in total. The zero-order valence-electron chi connectivity index (χ0n) is 15.4. The number of aryl methyl sites for hydroxylation is 1. The van der Waals surface area contributed by atoms with Crippen LogP contribution >= 0.6 is 0 Å². The quantitative estimate of drug-likeness (QED) is 0.679. The molecule has 1 aliphatic heterocycles. The maximum atomic E-state index is 12.5. The van der Waals surface area contributed by atoms with Crippen molar-refractivity contribution < 1.29 is 0 Å². The van der Waals surface area contributed by atoms with Crippen molar-refractivity contribution in [2.24, 2.45) is 13.0 Å². The molecule has 0 spiro atoms. The average molecular weight is 365 g/mol. The third kappa shape index (κ3) is 4.11. The van der Waals surface area contributed by atoms with Gasteiger partial charge in [0.1, 0.15) is 0 Å². The second-order valence-electron chi connectivity index (χ2n) is 7.07. The summed E-state index contributed by atoms with van der Waals surface area (Å²) in [6.45, 7) is 3.64. The lowest BCUT2D eigenvalue weighted by atomic mass is 9.96. The SMILES string of the molecule is Cn1nncc1CN1CCC(Cn2cnc(-c3ccncc3)cc2=O)CC1. The summed E-state index contributed by atoms with van der Waals surface area (Å²) in [5.41, 5.74) is 2.73. The molecule has 27 heavy (non-hydrogen) atoms. The standard InChI is InChI=1S/C19H23N7O/c1-24-17(11-22-23-24)13-25-8-4-15(5-9-25)12-26-14-21-18(10-19(26)27)16-2-6-20-7-3-16/h2-3,6-7,10-11,14-15H,4-5,8-9,12-13H2,1H3. The first kappa shape index (κ1) is 17.5. The molecule has 0 amide bonds. The van der Waals surface area contributed by atoms with Crippen molar-refractivity contribution in [3.63, 3.8) is 0 Å². The van der Waals surface area contributed by atoms with E-state index in [-0.39, 0.29) is 5.56 Å². The monoisotopic (exact) mass is 365 g/mol. The fourth-order valence-corrected chi connectivity index (χ4v) is 3.53. The van der Waals surface area contributed by atoms with Crippen LogP contribution in [0.1, 0.15) is 18.5 Å². The number of rotatable bonds is 5. The number of aromatic nitrogens is 6. The highest BCUT2D eigenvalue weighted by Gasteiger charge is 2.21. The number of nitrogens with zero attached hydrogens (tertiary/aromatic N) is 7. The molecular weight excluding hydrogens is 342 g/mol. The van der Waals surface area contributed by atoms with Crippen LogP contribution in [0.15, 0.2) is 47.9 Å². The van der Waals surface area contributed by atoms with Gasteiger partial charge in [-0.15, -0.1) is 5.10 Å². The highest BCUT2D eigenvalue weighted by atomic mass is 16.1. The summed E-state index contributed by atoms with van der Waals surface area (Å²) in [6, 6.07) is 5.33. The number of hydrogen-bond donors (Lipinski definition) is 0. The molecule has 0 N–H and O–H groups in total. The van der Waals surface area contributed by atoms with Gasteiger partial charge in [0.2, 0.25) is 0 Å². The first-order valence-corrected chi connectivity index (χ1v) is 9.22. The fourth-order valence-electron chi connectivity index (χ4n) is 3.53. The zero-order chi connectivity index (χ0) is 18.6. The predicted molar refractivity (Wildman–Crippen MR) is 101 cm³/mol. The van der Waals surface area contributed by atoms with Gasteiger partial charge in [0.05, 0.1) is 23.9 Å². The topological polar surface area (TPSA) is 81.7 Å². The Balaban J connectivity index is 1.35. The van der Waals surface area contributed by atoms with Crippen LogP contribution in [0, 0.1) is 5.92 Å². The van der Waals surface area contributed by atoms with Gasteiger partial charge in [-0.1, -0.05) is 5.21 Å². The van der Waals surface area contributed by atoms with E-state index in [0.717, 1.165) is 50.3 Å². The Morgan fingerprint density at radius 1 is 1.19 bits per heavy atom. The van der Waals surface area contributed by atoms with Crippen LogP contribution in [-0.2, 0) is 20.1 Å². The van der Waals surface area contributed by atoms with Crippen LogP contribution in [-0.4, -0.2) is 47.5 Å². The van der Waals surface area contributed by atoms with Crippen LogP contribution in [0.2, 0.25) is 0 Å². The van der Waals surface area contributed by atoms with Gasteiger partial charge < -0.3 is 0 Å². The van der Waals surface area contributed by atoms with E-state index in [1.165, 1.54) is 0 Å². The van der Waals surface area contributed by atoms with Crippen molar-refractivity contribution in [1.29, 1.82) is 0 Å². The van der Waals surface area contributed by atoms with Gasteiger partial charge in [0, 0.05) is 44.2 Å². The van der Waals surface area contributed by atoms with Crippen molar-refractivity contribution in [3.8, 4) is 11.3 Å². The van der Waals surface area contributed by atoms with E-state index in [0.29, 0.717) is 11.6 Å². The van der Waals surface area contributed by atoms with Crippen LogP contribution in [0.5, 0.6) is 0 Å². The summed E-state index contributed by atoms with van der Waals surface area (Å²) in [5, 5.41) is 7.92. The summed E-state index contributed by atoms with van der Waals surface area (Å²) in [7, 11) is 1.92. The van der Waals surface area contributed by atoms with Gasteiger partial charge in [0.25, 0.3) is 5.56 Å². The van der Waals surface area contributed by atoms with E-state index in [2.05, 4.69) is 25.2 Å². The molecule has 0 unspecified atom stereocenters. The van der Waals surface area contributed by atoms with Gasteiger partial charge in [-0.05, 0) is 44.0 Å². The molecule has 1 aliphatic rings. The Morgan fingerprint density at radius 2 is 1.96 bits per heavy atom. The molecule has 1 saturated heterocycles. The van der Waals surface area contributed by atoms with Crippen LogP contribution in [0.3, 0.4) is 0 Å². The van der Waals surface area contributed by atoms with E-state index in [1.54, 1.807) is 29.4 Å². The average Bonchev–Trinajstić information content (AvgIpc) is 3.10. The number of pyridine rings is 1. The maximum absolute atomic E-state index is 12.5. The molecule has 4 rings (SSSR count). The third-order valence-corrected chi connectivity index (χ3v) is 5.21. The molecular formula is C19H23N7O. The van der Waals surface area contributed by atoms with Gasteiger partial charge in [0.15, 0.2) is 0 Å². The van der Waals surface area contributed by atoms with E-state index < -0.39 is 0 Å². The summed E-state index contributed by atoms with van der Waals surface area (Å²) < 4.78 is 3.55. The molecule has 0 bridgehead atoms. The van der Waals surface area contributed by atoms with Crippen molar-refractivity contribution >= 4 is 0 Å². The molecule has 3 aromatic rings. The van der Waals surface area contributed by atoms with Gasteiger partial charge in [-0.25, -0.2) is 4.98 Å². The molecule has 0 atom stereocenters. The summed E-state index contributed by atoms with van der Waals surface area (Å²) in [4.78, 5) is 23.4. The minimum absolute atomic E-state index is 0.000186. The molecule has 4 heterocycles. The molecule has 140 valence electrons. The highest BCUT2D eigenvalue weighted by Crippen LogP contribution is 2.20. The van der Waals surface area contributed by atoms with E-state index in [4.69, 9.17) is 0 Å².